The van der Waals surface area contributed by atoms with Crippen molar-refractivity contribution in [3.63, 3.8) is 0 Å². The Hall–Kier alpha value is -1.66. The Balaban J connectivity index is 1.28. The lowest BCUT2D eigenvalue weighted by Gasteiger charge is -2.35. The summed E-state index contributed by atoms with van der Waals surface area (Å²) in [5.74, 6) is -0.819. The molecule has 318 valence electrons. The van der Waals surface area contributed by atoms with Gasteiger partial charge >= 0.3 is 0 Å². The summed E-state index contributed by atoms with van der Waals surface area (Å²) in [7, 11) is 0. The number of carbonyl (C=O) groups excluding carboxylic acids is 2. The molecule has 2 aliphatic rings. The fourth-order valence-electron chi connectivity index (χ4n) is 5.75. The SMILES string of the molecule is C[C@H](CCCCNC(=O)COCCOCCOCCO[C@@H]1C[C@H](CO)[C@H](O)[C@H](O)C1)NC(=O)COCCOCCOCCO[C@H]1C[C@@H](O)[C@@H](O)[C@@H](CO)O1. The highest BCUT2D eigenvalue weighted by molar-refractivity contribution is 5.77. The van der Waals surface area contributed by atoms with E-state index >= 15 is 0 Å². The Bertz CT molecular complexity index is 955. The highest BCUT2D eigenvalue weighted by Crippen LogP contribution is 2.27. The fourth-order valence-corrected chi connectivity index (χ4v) is 5.75. The minimum absolute atomic E-state index is 0.0402. The number of aliphatic hydroxyl groups excluding tert-OH is 6. The summed E-state index contributed by atoms with van der Waals surface area (Å²) in [6.07, 6.45) is -2.60. The smallest absolute Gasteiger partial charge is 0.246 e. The van der Waals surface area contributed by atoms with Crippen LogP contribution in [0.3, 0.4) is 0 Å². The van der Waals surface area contributed by atoms with Gasteiger partial charge in [-0.25, -0.2) is 0 Å². The van der Waals surface area contributed by atoms with Gasteiger partial charge < -0.3 is 83.9 Å². The Morgan fingerprint density at radius 3 is 1.78 bits per heavy atom. The van der Waals surface area contributed by atoms with Gasteiger partial charge in [0, 0.05) is 38.0 Å². The van der Waals surface area contributed by atoms with Crippen LogP contribution in [0.25, 0.3) is 0 Å². The summed E-state index contributed by atoms with van der Waals surface area (Å²) in [6, 6.07) is -0.0402. The van der Waals surface area contributed by atoms with Crippen molar-refractivity contribution < 1.29 is 82.9 Å². The third-order valence-corrected chi connectivity index (χ3v) is 8.76. The van der Waals surface area contributed by atoms with E-state index in [4.69, 9.17) is 42.6 Å². The summed E-state index contributed by atoms with van der Waals surface area (Å²) in [5.41, 5.74) is 0. The lowest BCUT2D eigenvalue weighted by Crippen LogP contribution is -2.50. The van der Waals surface area contributed by atoms with E-state index in [0.29, 0.717) is 72.2 Å². The van der Waals surface area contributed by atoms with Crippen LogP contribution in [0.5, 0.6) is 0 Å². The van der Waals surface area contributed by atoms with Crippen molar-refractivity contribution in [3.8, 4) is 0 Å². The number of nitrogens with one attached hydrogen (secondary N) is 2. The molecule has 0 aromatic heterocycles. The van der Waals surface area contributed by atoms with E-state index in [1.54, 1.807) is 0 Å². The number of rotatable bonds is 32. The standard InChI is InChI=1S/C35H66N2O17/c1-25(37-32(43)24-51-13-11-47-7-9-49-15-17-53-33-20-29(41)35(45)30(22-39)54-33)4-2-3-5-36-31(42)23-50-12-10-46-6-8-48-14-16-52-27-18-26(21-38)34(44)28(40)19-27/h25-30,33-35,38-41,44-45H,2-24H2,1H3,(H,36,42)(H,37,43)/t25-,26-,27-,28-,29-,30-,33-,34+,35-/m1/s1. The number of ether oxygens (including phenoxy) is 9. The minimum atomic E-state index is -1.15. The van der Waals surface area contributed by atoms with Crippen LogP contribution in [0, 0.1) is 5.92 Å². The minimum Gasteiger partial charge on any atom is -0.396 e. The van der Waals surface area contributed by atoms with Crippen molar-refractivity contribution >= 4 is 11.8 Å². The maximum atomic E-state index is 12.1. The fraction of sp³-hybridized carbons (Fsp3) is 0.943. The molecule has 0 aromatic rings. The first-order chi connectivity index (χ1) is 26.1. The van der Waals surface area contributed by atoms with Gasteiger partial charge in [0.2, 0.25) is 11.8 Å². The van der Waals surface area contributed by atoms with E-state index in [1.807, 2.05) is 6.92 Å². The molecule has 1 aliphatic heterocycles. The van der Waals surface area contributed by atoms with Crippen LogP contribution in [-0.2, 0) is 52.2 Å². The van der Waals surface area contributed by atoms with Crippen molar-refractivity contribution in [2.75, 3.05) is 112 Å². The zero-order valence-electron chi connectivity index (χ0n) is 31.6. The first kappa shape index (κ1) is 48.5. The molecule has 1 aliphatic carbocycles. The van der Waals surface area contributed by atoms with Gasteiger partial charge in [-0.15, -0.1) is 0 Å². The summed E-state index contributed by atoms with van der Waals surface area (Å²) < 4.78 is 48.9. The second-order valence-electron chi connectivity index (χ2n) is 13.3. The van der Waals surface area contributed by atoms with Crippen molar-refractivity contribution in [2.45, 2.75) is 94.4 Å². The Labute approximate surface area is 317 Å². The van der Waals surface area contributed by atoms with E-state index in [9.17, 15) is 40.2 Å². The van der Waals surface area contributed by atoms with Gasteiger partial charge in [-0.3, -0.25) is 9.59 Å². The topological polar surface area (TPSA) is 263 Å². The maximum Gasteiger partial charge on any atom is 0.246 e. The molecular weight excluding hydrogens is 720 g/mol. The Morgan fingerprint density at radius 2 is 1.19 bits per heavy atom. The van der Waals surface area contributed by atoms with Gasteiger partial charge in [0.15, 0.2) is 6.29 Å². The average molecular weight is 787 g/mol. The average Bonchev–Trinajstić information content (AvgIpc) is 3.15. The molecule has 54 heavy (non-hydrogen) atoms. The second-order valence-corrected chi connectivity index (χ2v) is 13.3. The van der Waals surface area contributed by atoms with Crippen LogP contribution in [0.2, 0.25) is 0 Å². The van der Waals surface area contributed by atoms with Gasteiger partial charge in [0.05, 0.1) is 110 Å². The van der Waals surface area contributed by atoms with Crippen LogP contribution in [0.4, 0.5) is 0 Å². The third-order valence-electron chi connectivity index (χ3n) is 8.76. The highest BCUT2D eigenvalue weighted by atomic mass is 16.7. The summed E-state index contributed by atoms with van der Waals surface area (Å²) >= 11 is 0. The van der Waals surface area contributed by atoms with Crippen LogP contribution in [0.1, 0.15) is 45.4 Å². The molecule has 0 aromatic carbocycles. The molecule has 9 atom stereocenters. The van der Waals surface area contributed by atoms with Gasteiger partial charge in [-0.05, 0) is 32.6 Å². The number of carbonyl (C=O) groups is 2. The molecule has 1 saturated carbocycles. The zero-order chi connectivity index (χ0) is 39.4. The Kier molecular flexibility index (Phi) is 27.4. The molecule has 0 radical (unpaired) electrons. The van der Waals surface area contributed by atoms with Gasteiger partial charge in [0.1, 0.15) is 25.4 Å². The second kappa shape index (κ2) is 30.5. The Morgan fingerprint density at radius 1 is 0.648 bits per heavy atom. The predicted molar refractivity (Wildman–Crippen MR) is 189 cm³/mol. The maximum absolute atomic E-state index is 12.1. The molecule has 19 nitrogen and oxygen atoms in total. The lowest BCUT2D eigenvalue weighted by atomic mass is 9.83. The van der Waals surface area contributed by atoms with Crippen molar-refractivity contribution in [1.82, 2.24) is 10.6 Å². The van der Waals surface area contributed by atoms with E-state index in [0.717, 1.165) is 19.3 Å². The summed E-state index contributed by atoms with van der Waals surface area (Å²) in [5, 5.41) is 63.4. The quantitative estimate of drug-likeness (QED) is 0.0321. The van der Waals surface area contributed by atoms with Crippen LogP contribution >= 0.6 is 0 Å². The number of hydrogen-bond donors (Lipinski definition) is 8. The first-order valence-corrected chi connectivity index (χ1v) is 19.0. The van der Waals surface area contributed by atoms with E-state index in [-0.39, 0.29) is 76.6 Å². The number of aliphatic hydroxyl groups is 6. The van der Waals surface area contributed by atoms with Crippen molar-refractivity contribution in [1.29, 1.82) is 0 Å². The van der Waals surface area contributed by atoms with Crippen LogP contribution in [-0.4, -0.2) is 204 Å². The molecule has 19 heteroatoms. The molecule has 2 amide bonds. The zero-order valence-corrected chi connectivity index (χ0v) is 31.6. The van der Waals surface area contributed by atoms with Gasteiger partial charge in [-0.2, -0.15) is 0 Å². The number of unbranched alkanes of at least 4 members (excludes halogenated alkanes) is 1. The van der Waals surface area contributed by atoms with Gasteiger partial charge in [-0.1, -0.05) is 0 Å². The van der Waals surface area contributed by atoms with Crippen molar-refractivity contribution in [2.24, 2.45) is 5.92 Å². The normalized spacial score (nSPS) is 26.4. The predicted octanol–water partition coefficient (Wildman–Crippen LogP) is -2.77. The van der Waals surface area contributed by atoms with Crippen molar-refractivity contribution in [3.05, 3.63) is 0 Å². The molecule has 8 N–H and O–H groups in total. The molecule has 0 spiro atoms. The molecule has 0 unspecified atom stereocenters. The highest BCUT2D eigenvalue weighted by Gasteiger charge is 2.37. The monoisotopic (exact) mass is 786 g/mol. The van der Waals surface area contributed by atoms with Crippen LogP contribution < -0.4 is 10.6 Å². The molecule has 2 fully saturated rings. The van der Waals surface area contributed by atoms with E-state index in [2.05, 4.69) is 10.6 Å². The van der Waals surface area contributed by atoms with E-state index in [1.165, 1.54) is 0 Å². The summed E-state index contributed by atoms with van der Waals surface area (Å²) in [4.78, 5) is 24.1. The first-order valence-electron chi connectivity index (χ1n) is 19.0. The molecule has 1 heterocycles. The molecule has 2 rings (SSSR count). The third kappa shape index (κ3) is 22.2. The summed E-state index contributed by atoms with van der Waals surface area (Å²) in [6.45, 7) is 5.38. The number of amides is 2. The lowest BCUT2D eigenvalue weighted by molar-refractivity contribution is -0.259. The van der Waals surface area contributed by atoms with Gasteiger partial charge in [0.25, 0.3) is 0 Å². The molecular formula is C35H66N2O17. The number of hydrogen-bond acceptors (Lipinski definition) is 17. The van der Waals surface area contributed by atoms with Crippen LogP contribution in [0.15, 0.2) is 0 Å². The molecule has 0 bridgehead atoms. The molecule has 1 saturated heterocycles. The van der Waals surface area contributed by atoms with E-state index < -0.39 is 49.3 Å². The largest absolute Gasteiger partial charge is 0.396 e.